The molecule has 2 N–H and O–H groups in total. The van der Waals surface area contributed by atoms with Crippen LogP contribution in [0.25, 0.3) is 0 Å². The van der Waals surface area contributed by atoms with E-state index >= 15 is 0 Å². The zero-order chi connectivity index (χ0) is 23.8. The molecule has 0 aliphatic carbocycles. The van der Waals surface area contributed by atoms with E-state index in [-0.39, 0.29) is 5.92 Å². The van der Waals surface area contributed by atoms with E-state index in [4.69, 9.17) is 23.2 Å². The van der Waals surface area contributed by atoms with Gasteiger partial charge < -0.3 is 10.6 Å². The Morgan fingerprint density at radius 3 is 1.55 bits per heavy atom. The molecule has 0 saturated heterocycles. The van der Waals surface area contributed by atoms with Gasteiger partial charge in [-0.05, 0) is 73.2 Å². The van der Waals surface area contributed by atoms with Crippen molar-refractivity contribution >= 4 is 34.6 Å². The van der Waals surface area contributed by atoms with Crippen LogP contribution in [0.4, 0.5) is 11.4 Å². The van der Waals surface area contributed by atoms with Gasteiger partial charge in [0.1, 0.15) is 0 Å². The van der Waals surface area contributed by atoms with Crippen molar-refractivity contribution in [2.45, 2.75) is 59.3 Å². The summed E-state index contributed by atoms with van der Waals surface area (Å²) >= 11 is 13.5. The Morgan fingerprint density at radius 1 is 0.697 bits per heavy atom. The number of aryl methyl sites for hydroxylation is 2. The lowest BCUT2D eigenvalue weighted by Crippen LogP contribution is -2.09. The minimum absolute atomic E-state index is 0.0435. The number of anilines is 2. The van der Waals surface area contributed by atoms with Gasteiger partial charge in [0.25, 0.3) is 0 Å². The van der Waals surface area contributed by atoms with Crippen molar-refractivity contribution in [3.05, 3.63) is 92.5 Å². The number of halogens is 2. The highest BCUT2D eigenvalue weighted by Crippen LogP contribution is 2.41. The summed E-state index contributed by atoms with van der Waals surface area (Å²) in [6.45, 7) is 10.7. The Kier molecular flexibility index (Phi) is 9.52. The molecule has 0 heterocycles. The maximum atomic E-state index is 6.73. The molecule has 2 nitrogen and oxygen atoms in total. The zero-order valence-corrected chi connectivity index (χ0v) is 21.8. The predicted octanol–water partition coefficient (Wildman–Crippen LogP) is 9.21. The molecule has 0 fully saturated rings. The number of benzene rings is 3. The first kappa shape index (κ1) is 25.5. The molecule has 0 unspecified atom stereocenters. The fraction of sp³-hybridized carbons (Fsp3) is 0.379. The monoisotopic (exact) mass is 482 g/mol. The van der Waals surface area contributed by atoms with Crippen LogP contribution in [0.3, 0.4) is 0 Å². The standard InChI is InChI=1S/C29H36Cl2N2/c1-5-7-16-32-26-14-12-22(18-20(26)3)28(29-24(30)10-9-11-25(29)31)23-13-15-27(21(4)19-23)33-17-8-6-2/h9-15,18-19,28,32-33H,5-8,16-17H2,1-4H3. The van der Waals surface area contributed by atoms with Gasteiger partial charge in [-0.15, -0.1) is 0 Å². The number of rotatable bonds is 11. The van der Waals surface area contributed by atoms with Crippen molar-refractivity contribution in [1.29, 1.82) is 0 Å². The van der Waals surface area contributed by atoms with Gasteiger partial charge in [-0.3, -0.25) is 0 Å². The van der Waals surface area contributed by atoms with E-state index in [1.165, 1.54) is 46.5 Å². The molecule has 3 rings (SSSR count). The fourth-order valence-electron chi connectivity index (χ4n) is 4.24. The first-order valence-corrected chi connectivity index (χ1v) is 12.8. The molecule has 0 aliphatic heterocycles. The zero-order valence-electron chi connectivity index (χ0n) is 20.3. The third-order valence-corrected chi connectivity index (χ3v) is 6.81. The average Bonchev–Trinajstić information content (AvgIpc) is 2.79. The summed E-state index contributed by atoms with van der Waals surface area (Å²) in [5, 5.41) is 8.51. The smallest absolute Gasteiger partial charge is 0.0462 e. The van der Waals surface area contributed by atoms with E-state index in [1.54, 1.807) is 0 Å². The van der Waals surface area contributed by atoms with Crippen molar-refractivity contribution in [1.82, 2.24) is 0 Å². The molecular formula is C29H36Cl2N2. The Labute approximate surface area is 209 Å². The van der Waals surface area contributed by atoms with Crippen LogP contribution in [-0.2, 0) is 0 Å². The first-order chi connectivity index (χ1) is 16.0. The van der Waals surface area contributed by atoms with E-state index in [0.29, 0.717) is 10.0 Å². The van der Waals surface area contributed by atoms with E-state index in [2.05, 4.69) is 74.7 Å². The lowest BCUT2D eigenvalue weighted by molar-refractivity contribution is 0.833. The lowest BCUT2D eigenvalue weighted by atomic mass is 9.83. The number of hydrogen-bond acceptors (Lipinski definition) is 2. The molecule has 0 atom stereocenters. The summed E-state index contributed by atoms with van der Waals surface area (Å²) in [6, 6.07) is 19.1. The van der Waals surface area contributed by atoms with Gasteiger partial charge in [-0.2, -0.15) is 0 Å². The van der Waals surface area contributed by atoms with Crippen LogP contribution in [0, 0.1) is 13.8 Å². The molecule has 176 valence electrons. The molecule has 0 spiro atoms. The van der Waals surface area contributed by atoms with E-state index in [0.717, 1.165) is 31.5 Å². The lowest BCUT2D eigenvalue weighted by Gasteiger charge is -2.24. The molecule has 4 heteroatoms. The Hall–Kier alpha value is -2.16. The quantitative estimate of drug-likeness (QED) is 0.210. The first-order valence-electron chi connectivity index (χ1n) is 12.1. The number of hydrogen-bond donors (Lipinski definition) is 2. The van der Waals surface area contributed by atoms with Gasteiger partial charge in [0.2, 0.25) is 0 Å². The molecular weight excluding hydrogens is 447 g/mol. The van der Waals surface area contributed by atoms with Crippen LogP contribution in [0.2, 0.25) is 10.0 Å². The Bertz CT molecular complexity index is 982. The SMILES string of the molecule is CCCCNc1ccc(C(c2ccc(NCCCC)c(C)c2)c2c(Cl)cccc2Cl)cc1C. The molecule has 0 bridgehead atoms. The highest BCUT2D eigenvalue weighted by molar-refractivity contribution is 6.36. The second kappa shape index (κ2) is 12.3. The Morgan fingerprint density at radius 2 is 1.15 bits per heavy atom. The molecule has 3 aromatic carbocycles. The van der Waals surface area contributed by atoms with Gasteiger partial charge in [0.15, 0.2) is 0 Å². The van der Waals surface area contributed by atoms with E-state index < -0.39 is 0 Å². The maximum Gasteiger partial charge on any atom is 0.0462 e. The molecule has 0 saturated carbocycles. The second-order valence-corrected chi connectivity index (χ2v) is 9.59. The van der Waals surface area contributed by atoms with Crippen LogP contribution in [0.1, 0.15) is 73.3 Å². The van der Waals surface area contributed by atoms with Gasteiger partial charge >= 0.3 is 0 Å². The van der Waals surface area contributed by atoms with Crippen molar-refractivity contribution in [2.75, 3.05) is 23.7 Å². The molecule has 0 radical (unpaired) electrons. The van der Waals surface area contributed by atoms with Crippen LogP contribution >= 0.6 is 23.2 Å². The predicted molar refractivity (Wildman–Crippen MR) is 147 cm³/mol. The second-order valence-electron chi connectivity index (χ2n) is 8.78. The number of unbranched alkanes of at least 4 members (excludes halogenated alkanes) is 2. The van der Waals surface area contributed by atoms with Crippen molar-refractivity contribution < 1.29 is 0 Å². The summed E-state index contributed by atoms with van der Waals surface area (Å²) in [5.41, 5.74) is 8.16. The summed E-state index contributed by atoms with van der Waals surface area (Å²) in [4.78, 5) is 0. The molecule has 0 aromatic heterocycles. The molecule has 33 heavy (non-hydrogen) atoms. The normalized spacial score (nSPS) is 11.1. The van der Waals surface area contributed by atoms with Crippen molar-refractivity contribution in [2.24, 2.45) is 0 Å². The van der Waals surface area contributed by atoms with Crippen LogP contribution in [-0.4, -0.2) is 13.1 Å². The minimum atomic E-state index is -0.0435. The van der Waals surface area contributed by atoms with Crippen LogP contribution in [0.15, 0.2) is 54.6 Å². The van der Waals surface area contributed by atoms with E-state index in [1.807, 2.05) is 18.2 Å². The minimum Gasteiger partial charge on any atom is -0.385 e. The van der Waals surface area contributed by atoms with Crippen molar-refractivity contribution in [3.63, 3.8) is 0 Å². The summed E-state index contributed by atoms with van der Waals surface area (Å²) < 4.78 is 0. The third-order valence-electron chi connectivity index (χ3n) is 6.15. The third kappa shape index (κ3) is 6.46. The largest absolute Gasteiger partial charge is 0.385 e. The molecule has 0 amide bonds. The van der Waals surface area contributed by atoms with Crippen LogP contribution < -0.4 is 10.6 Å². The topological polar surface area (TPSA) is 24.1 Å². The van der Waals surface area contributed by atoms with Crippen LogP contribution in [0.5, 0.6) is 0 Å². The van der Waals surface area contributed by atoms with Gasteiger partial charge in [-0.1, -0.05) is 80.2 Å². The summed E-state index contributed by atoms with van der Waals surface area (Å²) in [6.07, 6.45) is 4.69. The fourth-order valence-corrected chi connectivity index (χ4v) is 4.86. The van der Waals surface area contributed by atoms with Gasteiger partial charge in [-0.25, -0.2) is 0 Å². The summed E-state index contributed by atoms with van der Waals surface area (Å²) in [7, 11) is 0. The van der Waals surface area contributed by atoms with Gasteiger partial charge in [0.05, 0.1) is 0 Å². The number of nitrogens with one attached hydrogen (secondary N) is 2. The molecule has 3 aromatic rings. The maximum absolute atomic E-state index is 6.73. The molecule has 0 aliphatic rings. The van der Waals surface area contributed by atoms with Gasteiger partial charge in [0, 0.05) is 46.0 Å². The highest BCUT2D eigenvalue weighted by atomic mass is 35.5. The highest BCUT2D eigenvalue weighted by Gasteiger charge is 2.23. The van der Waals surface area contributed by atoms with E-state index in [9.17, 15) is 0 Å². The summed E-state index contributed by atoms with van der Waals surface area (Å²) in [5.74, 6) is -0.0435. The average molecular weight is 484 g/mol. The Balaban J connectivity index is 2.03. The van der Waals surface area contributed by atoms with Crippen molar-refractivity contribution in [3.8, 4) is 0 Å².